The molecule has 0 amide bonds. The molecule has 0 saturated heterocycles. The van der Waals surface area contributed by atoms with Crippen LogP contribution in [0.3, 0.4) is 0 Å². The molecule has 0 aliphatic carbocycles. The second-order valence-corrected chi connectivity index (χ2v) is 3.06. The van der Waals surface area contributed by atoms with Crippen LogP contribution >= 0.6 is 0 Å². The Bertz CT molecular complexity index is 282. The van der Waals surface area contributed by atoms with Gasteiger partial charge in [0.05, 0.1) is 17.5 Å². The fraction of sp³-hybridized carbons (Fsp3) is 0.538. The molecule has 0 fully saturated rings. The van der Waals surface area contributed by atoms with Crippen LogP contribution in [0.2, 0.25) is 0 Å². The summed E-state index contributed by atoms with van der Waals surface area (Å²) in [4.78, 5) is 0. The molecule has 0 saturated carbocycles. The summed E-state index contributed by atoms with van der Waals surface area (Å²) in [5.41, 5.74) is 3.73. The molecule has 0 spiro atoms. The smallest absolute Gasteiger partial charge is 0.0935 e. The molecule has 2 nitrogen and oxygen atoms in total. The molecule has 2 N–H and O–H groups in total. The Morgan fingerprint density at radius 3 is 2.07 bits per heavy atom. The second-order valence-electron chi connectivity index (χ2n) is 3.06. The van der Waals surface area contributed by atoms with Crippen molar-refractivity contribution in [2.75, 3.05) is 10.6 Å². The molecule has 2 heteroatoms. The lowest BCUT2D eigenvalue weighted by Crippen LogP contribution is -2.16. The van der Waals surface area contributed by atoms with Gasteiger partial charge in [-0.05, 0) is 31.5 Å². The molecule has 1 aromatic rings. The summed E-state index contributed by atoms with van der Waals surface area (Å²) in [7, 11) is 0. The first-order valence-corrected chi connectivity index (χ1v) is 5.89. The van der Waals surface area contributed by atoms with Gasteiger partial charge >= 0.3 is 0 Å². The zero-order valence-corrected chi connectivity index (χ0v) is 10.8. The third-order valence-corrected chi connectivity index (χ3v) is 1.92. The quantitative estimate of drug-likeness (QED) is 0.666. The zero-order valence-electron chi connectivity index (χ0n) is 10.8. The minimum absolute atomic E-state index is 0.367. The minimum atomic E-state index is 0.367. The predicted molar refractivity (Wildman–Crippen MR) is 70.6 cm³/mol. The SMILES string of the molecule is CC.CC.Cc1ccc2c(c1)NC(C)N2. The maximum atomic E-state index is 3.33. The van der Waals surface area contributed by atoms with E-state index in [1.807, 2.05) is 27.7 Å². The summed E-state index contributed by atoms with van der Waals surface area (Å²) in [6, 6.07) is 6.39. The Labute approximate surface area is 94.1 Å². The lowest BCUT2D eigenvalue weighted by Gasteiger charge is -2.01. The highest BCUT2D eigenvalue weighted by Gasteiger charge is 2.13. The maximum absolute atomic E-state index is 3.33. The van der Waals surface area contributed by atoms with Crippen molar-refractivity contribution >= 4 is 11.4 Å². The van der Waals surface area contributed by atoms with Crippen molar-refractivity contribution in [2.45, 2.75) is 47.7 Å². The molecule has 1 heterocycles. The first-order chi connectivity index (χ1) is 7.25. The van der Waals surface area contributed by atoms with E-state index < -0.39 is 0 Å². The molecule has 1 aromatic carbocycles. The second kappa shape index (κ2) is 7.16. The van der Waals surface area contributed by atoms with Gasteiger partial charge in [-0.25, -0.2) is 0 Å². The predicted octanol–water partition coefficient (Wildman–Crippen LogP) is 4.23. The van der Waals surface area contributed by atoms with Gasteiger partial charge in [-0.15, -0.1) is 0 Å². The van der Waals surface area contributed by atoms with Gasteiger partial charge in [-0.1, -0.05) is 33.8 Å². The fourth-order valence-corrected chi connectivity index (χ4v) is 1.41. The van der Waals surface area contributed by atoms with Crippen LogP contribution in [0.5, 0.6) is 0 Å². The van der Waals surface area contributed by atoms with Crippen LogP contribution in [0.25, 0.3) is 0 Å². The van der Waals surface area contributed by atoms with Gasteiger partial charge in [0.1, 0.15) is 0 Å². The van der Waals surface area contributed by atoms with Crippen LogP contribution in [0.1, 0.15) is 40.2 Å². The van der Waals surface area contributed by atoms with Crippen LogP contribution in [-0.4, -0.2) is 6.17 Å². The summed E-state index contributed by atoms with van der Waals surface area (Å²) in [5.74, 6) is 0. The highest BCUT2D eigenvalue weighted by molar-refractivity contribution is 5.74. The summed E-state index contributed by atoms with van der Waals surface area (Å²) in [6.07, 6.45) is 0.367. The van der Waals surface area contributed by atoms with Crippen molar-refractivity contribution in [3.8, 4) is 0 Å². The van der Waals surface area contributed by atoms with E-state index in [0.717, 1.165) is 0 Å². The number of rotatable bonds is 0. The van der Waals surface area contributed by atoms with Crippen molar-refractivity contribution < 1.29 is 0 Å². The van der Waals surface area contributed by atoms with Crippen molar-refractivity contribution in [3.63, 3.8) is 0 Å². The molecule has 1 aliphatic rings. The molecule has 0 aromatic heterocycles. The first-order valence-electron chi connectivity index (χ1n) is 5.89. The van der Waals surface area contributed by atoms with Crippen molar-refractivity contribution in [1.82, 2.24) is 0 Å². The van der Waals surface area contributed by atoms with Crippen molar-refractivity contribution in [3.05, 3.63) is 23.8 Å². The lowest BCUT2D eigenvalue weighted by molar-refractivity contribution is 0.956. The van der Waals surface area contributed by atoms with Crippen LogP contribution in [0.4, 0.5) is 11.4 Å². The molecular weight excluding hydrogens is 184 g/mol. The van der Waals surface area contributed by atoms with Crippen LogP contribution < -0.4 is 10.6 Å². The van der Waals surface area contributed by atoms with E-state index in [1.165, 1.54) is 16.9 Å². The Hall–Kier alpha value is -1.18. The van der Waals surface area contributed by atoms with E-state index in [-0.39, 0.29) is 0 Å². The lowest BCUT2D eigenvalue weighted by atomic mass is 10.2. The summed E-state index contributed by atoms with van der Waals surface area (Å²) in [6.45, 7) is 12.2. The molecule has 0 radical (unpaired) electrons. The van der Waals surface area contributed by atoms with Crippen molar-refractivity contribution in [2.24, 2.45) is 0 Å². The Balaban J connectivity index is 0.000000442. The van der Waals surface area contributed by atoms with Gasteiger partial charge in [0, 0.05) is 0 Å². The standard InChI is InChI=1S/C9H12N2.2C2H6/c1-6-3-4-8-9(5-6)11-7(2)10-8;2*1-2/h3-5,7,10-11H,1-2H3;2*1-2H3. The zero-order chi connectivity index (χ0) is 11.8. The van der Waals surface area contributed by atoms with Gasteiger partial charge in [0.2, 0.25) is 0 Å². The molecule has 0 bridgehead atoms. The van der Waals surface area contributed by atoms with E-state index in [0.29, 0.717) is 6.17 Å². The highest BCUT2D eigenvalue weighted by Crippen LogP contribution is 2.28. The monoisotopic (exact) mass is 208 g/mol. The molecule has 1 aliphatic heterocycles. The number of aryl methyl sites for hydroxylation is 1. The third-order valence-electron chi connectivity index (χ3n) is 1.92. The normalized spacial score (nSPS) is 15.7. The van der Waals surface area contributed by atoms with Crippen LogP contribution in [0, 0.1) is 6.92 Å². The minimum Gasteiger partial charge on any atom is -0.364 e. The topological polar surface area (TPSA) is 24.1 Å². The van der Waals surface area contributed by atoms with Crippen LogP contribution in [0.15, 0.2) is 18.2 Å². The number of benzene rings is 1. The van der Waals surface area contributed by atoms with Gasteiger partial charge in [-0.3, -0.25) is 0 Å². The average molecular weight is 208 g/mol. The number of anilines is 2. The molecular formula is C13H24N2. The molecule has 15 heavy (non-hydrogen) atoms. The molecule has 1 unspecified atom stereocenters. The van der Waals surface area contributed by atoms with Gasteiger partial charge < -0.3 is 10.6 Å². The molecule has 86 valence electrons. The van der Waals surface area contributed by atoms with Gasteiger partial charge in [-0.2, -0.15) is 0 Å². The molecule has 1 atom stereocenters. The number of hydrogen-bond donors (Lipinski definition) is 2. The van der Waals surface area contributed by atoms with Gasteiger partial charge in [0.15, 0.2) is 0 Å². The Kier molecular flexibility index (Phi) is 6.59. The Morgan fingerprint density at radius 2 is 1.47 bits per heavy atom. The van der Waals surface area contributed by atoms with E-state index in [1.54, 1.807) is 0 Å². The Morgan fingerprint density at radius 1 is 0.933 bits per heavy atom. The highest BCUT2D eigenvalue weighted by atomic mass is 15.2. The number of hydrogen-bond acceptors (Lipinski definition) is 2. The maximum Gasteiger partial charge on any atom is 0.0935 e. The fourth-order valence-electron chi connectivity index (χ4n) is 1.41. The van der Waals surface area contributed by atoms with Crippen LogP contribution in [-0.2, 0) is 0 Å². The van der Waals surface area contributed by atoms with Gasteiger partial charge in [0.25, 0.3) is 0 Å². The average Bonchev–Trinajstić information content (AvgIpc) is 2.63. The number of nitrogens with one attached hydrogen (secondary N) is 2. The van der Waals surface area contributed by atoms with E-state index in [4.69, 9.17) is 0 Å². The van der Waals surface area contributed by atoms with E-state index >= 15 is 0 Å². The van der Waals surface area contributed by atoms with E-state index in [9.17, 15) is 0 Å². The summed E-state index contributed by atoms with van der Waals surface area (Å²) < 4.78 is 0. The summed E-state index contributed by atoms with van der Waals surface area (Å²) in [5, 5.41) is 6.64. The summed E-state index contributed by atoms with van der Waals surface area (Å²) >= 11 is 0. The first kappa shape index (κ1) is 13.8. The molecule has 2 rings (SSSR count). The largest absolute Gasteiger partial charge is 0.364 e. The van der Waals surface area contributed by atoms with Crippen molar-refractivity contribution in [1.29, 1.82) is 0 Å². The van der Waals surface area contributed by atoms with E-state index in [2.05, 4.69) is 42.7 Å². The third kappa shape index (κ3) is 3.82. The number of fused-ring (bicyclic) bond motifs is 1.